The van der Waals surface area contributed by atoms with Crippen molar-refractivity contribution in [2.75, 3.05) is 6.54 Å². The molecule has 2 unspecified atom stereocenters. The fourth-order valence-electron chi connectivity index (χ4n) is 2.85. The third kappa shape index (κ3) is 3.20. The molecule has 2 aromatic carbocycles. The Labute approximate surface area is 144 Å². The summed E-state index contributed by atoms with van der Waals surface area (Å²) in [6.45, 7) is 0.563. The van der Waals surface area contributed by atoms with E-state index in [2.05, 4.69) is 10.6 Å². The number of hydrogen-bond donors (Lipinski definition) is 5. The molecular weight excluding hydrogens is 328 g/mol. The molecule has 0 bridgehead atoms. The number of benzene rings is 2. The Bertz CT molecular complexity index is 809. The summed E-state index contributed by atoms with van der Waals surface area (Å²) in [7, 11) is 0. The Morgan fingerprint density at radius 3 is 2.71 bits per heavy atom. The van der Waals surface area contributed by atoms with Gasteiger partial charge in [-0.05, 0) is 40.5 Å². The lowest BCUT2D eigenvalue weighted by molar-refractivity contribution is 0.0697. The van der Waals surface area contributed by atoms with Crippen LogP contribution in [0.4, 0.5) is 0 Å². The van der Waals surface area contributed by atoms with Gasteiger partial charge in [-0.2, -0.15) is 0 Å². The van der Waals surface area contributed by atoms with Crippen LogP contribution < -0.4 is 16.4 Å². The van der Waals surface area contributed by atoms with E-state index in [1.165, 1.54) is 0 Å². The number of halogens is 1. The topological polar surface area (TPSA) is 111 Å². The molecule has 0 saturated carbocycles. The lowest BCUT2D eigenvalue weighted by atomic mass is 9.93. The average molecular weight is 345 g/mol. The van der Waals surface area contributed by atoms with Gasteiger partial charge >= 0.3 is 5.97 Å². The van der Waals surface area contributed by atoms with Gasteiger partial charge < -0.3 is 16.2 Å². The Balaban J connectivity index is 2.04. The number of alkyl halides is 1. The van der Waals surface area contributed by atoms with Gasteiger partial charge in [0.25, 0.3) is 0 Å². The molecule has 3 rings (SSSR count). The second-order valence-corrected chi connectivity index (χ2v) is 6.12. The lowest BCUT2D eigenvalue weighted by Crippen LogP contribution is -2.45. The zero-order valence-corrected chi connectivity index (χ0v) is 13.5. The highest BCUT2D eigenvalue weighted by Crippen LogP contribution is 2.34. The maximum Gasteiger partial charge on any atom is 0.335 e. The number of nitrogens with one attached hydrogen (secondary N) is 3. The fraction of sp³-hybridized carbons (Fsp3) is 0.176. The van der Waals surface area contributed by atoms with Crippen LogP contribution in [-0.4, -0.2) is 23.6 Å². The van der Waals surface area contributed by atoms with E-state index in [-0.39, 0.29) is 23.1 Å². The van der Waals surface area contributed by atoms with Crippen LogP contribution in [-0.2, 0) is 0 Å². The van der Waals surface area contributed by atoms with Crippen LogP contribution in [0.3, 0.4) is 0 Å². The number of carboxylic acid groups (broad SMARTS) is 1. The van der Waals surface area contributed by atoms with E-state index in [9.17, 15) is 4.79 Å². The van der Waals surface area contributed by atoms with E-state index in [0.29, 0.717) is 6.54 Å². The highest BCUT2D eigenvalue weighted by atomic mass is 35.5. The van der Waals surface area contributed by atoms with Crippen molar-refractivity contribution in [3.05, 3.63) is 59.2 Å². The molecule has 24 heavy (non-hydrogen) atoms. The van der Waals surface area contributed by atoms with Crippen molar-refractivity contribution >= 4 is 23.5 Å². The molecule has 1 aliphatic heterocycles. The number of carboxylic acids is 1. The zero-order chi connectivity index (χ0) is 17.3. The van der Waals surface area contributed by atoms with Gasteiger partial charge in [-0.3, -0.25) is 10.7 Å². The van der Waals surface area contributed by atoms with Crippen molar-refractivity contribution in [2.45, 2.75) is 11.5 Å². The van der Waals surface area contributed by atoms with E-state index in [0.717, 1.165) is 22.3 Å². The minimum atomic E-state index is -0.964. The summed E-state index contributed by atoms with van der Waals surface area (Å²) in [5.41, 5.74) is 9.22. The Morgan fingerprint density at radius 2 is 2.00 bits per heavy atom. The number of carbonyl (C=O) groups is 1. The quantitative estimate of drug-likeness (QED) is 0.333. The largest absolute Gasteiger partial charge is 0.478 e. The van der Waals surface area contributed by atoms with Gasteiger partial charge in [0.2, 0.25) is 0 Å². The van der Waals surface area contributed by atoms with Crippen molar-refractivity contribution < 1.29 is 9.90 Å². The molecule has 2 atom stereocenters. The van der Waals surface area contributed by atoms with Crippen molar-refractivity contribution in [2.24, 2.45) is 5.73 Å². The van der Waals surface area contributed by atoms with E-state index >= 15 is 0 Å². The summed E-state index contributed by atoms with van der Waals surface area (Å²) in [5.74, 6) is -1.10. The summed E-state index contributed by atoms with van der Waals surface area (Å²) < 4.78 is 0. The Morgan fingerprint density at radius 1 is 1.25 bits per heavy atom. The molecule has 1 aliphatic rings. The predicted molar refractivity (Wildman–Crippen MR) is 93.2 cm³/mol. The van der Waals surface area contributed by atoms with E-state index in [1.54, 1.807) is 18.2 Å². The van der Waals surface area contributed by atoms with Gasteiger partial charge in [0, 0.05) is 6.54 Å². The van der Waals surface area contributed by atoms with Crippen LogP contribution in [0.2, 0.25) is 0 Å². The number of aromatic carboxylic acids is 1. The van der Waals surface area contributed by atoms with Gasteiger partial charge in [0.05, 0.1) is 10.9 Å². The average Bonchev–Trinajstić information content (AvgIpc) is 2.57. The monoisotopic (exact) mass is 344 g/mol. The molecule has 0 aromatic heterocycles. The first-order chi connectivity index (χ1) is 11.5. The predicted octanol–water partition coefficient (Wildman–Crippen LogP) is 2.42. The van der Waals surface area contributed by atoms with Crippen molar-refractivity contribution in [1.29, 1.82) is 5.41 Å². The molecule has 0 fully saturated rings. The second kappa shape index (κ2) is 6.51. The molecule has 7 heteroatoms. The second-order valence-electron chi connectivity index (χ2n) is 5.60. The Hall–Kier alpha value is -2.57. The SMILES string of the molecule is N=C(N)NC1NCC(Cl)c2ccc(-c3cccc(C(=O)O)c3)cc21. The number of fused-ring (bicyclic) bond motifs is 1. The molecule has 124 valence electrons. The third-order valence-corrected chi connectivity index (χ3v) is 4.37. The van der Waals surface area contributed by atoms with Crippen molar-refractivity contribution in [3.8, 4) is 11.1 Å². The normalized spacial score (nSPS) is 19.4. The molecule has 0 spiro atoms. The first kappa shape index (κ1) is 16.3. The van der Waals surface area contributed by atoms with E-state index < -0.39 is 5.97 Å². The summed E-state index contributed by atoms with van der Waals surface area (Å²) >= 11 is 6.36. The van der Waals surface area contributed by atoms with E-state index in [4.69, 9.17) is 27.9 Å². The molecule has 2 aromatic rings. The number of nitrogens with two attached hydrogens (primary N) is 1. The summed E-state index contributed by atoms with van der Waals surface area (Å²) in [6, 6.07) is 12.6. The van der Waals surface area contributed by atoms with Gasteiger partial charge in [-0.1, -0.05) is 24.3 Å². The maximum absolute atomic E-state index is 11.2. The Kier molecular flexibility index (Phi) is 4.42. The van der Waals surface area contributed by atoms with Crippen LogP contribution >= 0.6 is 11.6 Å². The van der Waals surface area contributed by atoms with Crippen LogP contribution in [0.25, 0.3) is 11.1 Å². The molecule has 6 N–H and O–H groups in total. The van der Waals surface area contributed by atoms with Crippen LogP contribution in [0.1, 0.15) is 33.0 Å². The first-order valence-electron chi connectivity index (χ1n) is 7.41. The summed E-state index contributed by atoms with van der Waals surface area (Å²) in [4.78, 5) is 11.2. The minimum absolute atomic E-state index is 0.134. The van der Waals surface area contributed by atoms with Gasteiger partial charge in [0.1, 0.15) is 6.17 Å². The fourth-order valence-corrected chi connectivity index (χ4v) is 3.13. The smallest absolute Gasteiger partial charge is 0.335 e. The number of guanidine groups is 1. The molecular formula is C17H17ClN4O2. The number of hydrogen-bond acceptors (Lipinski definition) is 3. The zero-order valence-electron chi connectivity index (χ0n) is 12.7. The molecule has 6 nitrogen and oxygen atoms in total. The summed E-state index contributed by atoms with van der Waals surface area (Å²) in [6.07, 6.45) is -0.310. The molecule has 0 saturated heterocycles. The minimum Gasteiger partial charge on any atom is -0.478 e. The molecule has 0 aliphatic carbocycles. The summed E-state index contributed by atoms with van der Waals surface area (Å²) in [5, 5.41) is 22.5. The highest BCUT2D eigenvalue weighted by Gasteiger charge is 2.26. The molecule has 1 heterocycles. The highest BCUT2D eigenvalue weighted by molar-refractivity contribution is 6.21. The van der Waals surface area contributed by atoms with E-state index in [1.807, 2.05) is 24.3 Å². The van der Waals surface area contributed by atoms with Crippen LogP contribution in [0.15, 0.2) is 42.5 Å². The number of rotatable bonds is 3. The van der Waals surface area contributed by atoms with Crippen LogP contribution in [0.5, 0.6) is 0 Å². The molecule has 0 radical (unpaired) electrons. The van der Waals surface area contributed by atoms with Crippen LogP contribution in [0, 0.1) is 5.41 Å². The maximum atomic E-state index is 11.2. The van der Waals surface area contributed by atoms with Gasteiger partial charge in [-0.25, -0.2) is 4.79 Å². The third-order valence-electron chi connectivity index (χ3n) is 3.98. The lowest BCUT2D eigenvalue weighted by Gasteiger charge is -2.31. The van der Waals surface area contributed by atoms with Crippen molar-refractivity contribution in [3.63, 3.8) is 0 Å². The first-order valence-corrected chi connectivity index (χ1v) is 7.85. The van der Waals surface area contributed by atoms with Gasteiger partial charge in [-0.15, -0.1) is 11.6 Å². The van der Waals surface area contributed by atoms with Crippen molar-refractivity contribution in [1.82, 2.24) is 10.6 Å². The van der Waals surface area contributed by atoms with Gasteiger partial charge in [0.15, 0.2) is 5.96 Å². The standard InChI is InChI=1S/C17H17ClN4O2/c18-14-8-21-15(22-17(19)20)13-7-10(4-5-12(13)14)9-2-1-3-11(6-9)16(23)24/h1-7,14-15,21H,8H2,(H,23,24)(H4,19,20,22). The molecule has 0 amide bonds.